The molecule has 1 aliphatic heterocycles. The Morgan fingerprint density at radius 2 is 1.91 bits per heavy atom. The largest absolute Gasteiger partial charge is 0.507 e. The van der Waals surface area contributed by atoms with Gasteiger partial charge in [0.15, 0.2) is 0 Å². The second-order valence-electron chi connectivity index (χ2n) is 7.02. The van der Waals surface area contributed by atoms with Gasteiger partial charge in [0.25, 0.3) is 11.7 Å². The van der Waals surface area contributed by atoms with E-state index >= 15 is 0 Å². The van der Waals surface area contributed by atoms with Crippen molar-refractivity contribution >= 4 is 46.3 Å². The first kappa shape index (κ1) is 22.7. The molecule has 1 amide bonds. The Bertz CT molecular complexity index is 1320. The average molecular weight is 491 g/mol. The second kappa shape index (κ2) is 8.80. The number of ketones is 1. The number of aliphatic hydroxyl groups is 1. The molecule has 6 nitrogen and oxygen atoms in total. The van der Waals surface area contributed by atoms with E-state index in [1.54, 1.807) is 12.1 Å². The van der Waals surface area contributed by atoms with Crippen molar-refractivity contribution in [2.75, 3.05) is 12.0 Å². The van der Waals surface area contributed by atoms with Crippen LogP contribution in [0.4, 0.5) is 14.5 Å². The first-order valence-corrected chi connectivity index (χ1v) is 10.2. The lowest BCUT2D eigenvalue weighted by Crippen LogP contribution is -2.30. The molecule has 33 heavy (non-hydrogen) atoms. The smallest absolute Gasteiger partial charge is 0.300 e. The highest BCUT2D eigenvalue weighted by Crippen LogP contribution is 2.45. The van der Waals surface area contributed by atoms with Gasteiger partial charge in [-0.1, -0.05) is 29.3 Å². The first-order valence-electron chi connectivity index (χ1n) is 9.44. The van der Waals surface area contributed by atoms with Crippen LogP contribution in [-0.2, 0) is 9.59 Å². The molecule has 0 saturated carbocycles. The highest BCUT2D eigenvalue weighted by atomic mass is 35.5. The van der Waals surface area contributed by atoms with E-state index in [9.17, 15) is 23.5 Å². The number of amides is 1. The molecule has 0 radical (unpaired) electrons. The molecule has 0 spiro atoms. The quantitative estimate of drug-likeness (QED) is 0.305. The van der Waals surface area contributed by atoms with E-state index in [4.69, 9.17) is 27.9 Å². The number of aliphatic hydroxyl groups excluding tert-OH is 1. The maximum absolute atomic E-state index is 14.7. The van der Waals surface area contributed by atoms with Crippen molar-refractivity contribution in [3.8, 4) is 5.75 Å². The molecule has 0 bridgehead atoms. The summed E-state index contributed by atoms with van der Waals surface area (Å²) in [4.78, 5) is 31.0. The van der Waals surface area contributed by atoms with Crippen molar-refractivity contribution < 1.29 is 28.2 Å². The summed E-state index contributed by atoms with van der Waals surface area (Å²) in [6.45, 7) is 0. The van der Waals surface area contributed by atoms with Crippen molar-refractivity contribution in [2.45, 2.75) is 6.04 Å². The van der Waals surface area contributed by atoms with E-state index in [2.05, 4.69) is 4.98 Å². The van der Waals surface area contributed by atoms with Gasteiger partial charge in [-0.05, 0) is 35.9 Å². The monoisotopic (exact) mass is 490 g/mol. The van der Waals surface area contributed by atoms with E-state index in [1.165, 1.54) is 31.6 Å². The van der Waals surface area contributed by atoms with Crippen LogP contribution in [-0.4, -0.2) is 28.9 Å². The van der Waals surface area contributed by atoms with Gasteiger partial charge in [0.05, 0.1) is 35.0 Å². The summed E-state index contributed by atoms with van der Waals surface area (Å²) in [5.74, 6) is -4.75. The van der Waals surface area contributed by atoms with E-state index < -0.39 is 35.1 Å². The van der Waals surface area contributed by atoms with Crippen molar-refractivity contribution in [1.82, 2.24) is 4.98 Å². The normalized spacial score (nSPS) is 17.5. The summed E-state index contributed by atoms with van der Waals surface area (Å²) in [6, 6.07) is 7.10. The molecular weight excluding hydrogens is 477 g/mol. The molecule has 2 heterocycles. The number of rotatable bonds is 4. The third kappa shape index (κ3) is 3.92. The van der Waals surface area contributed by atoms with Gasteiger partial charge in [-0.15, -0.1) is 0 Å². The number of benzene rings is 2. The number of Topliss-reactive ketones (excluding diaryl/α,β-unsaturated/α-hetero) is 1. The number of ether oxygens (including phenoxy) is 1. The van der Waals surface area contributed by atoms with Crippen molar-refractivity contribution in [1.29, 1.82) is 0 Å². The molecule has 0 aliphatic carbocycles. The molecule has 4 rings (SSSR count). The molecular formula is C23H14Cl2F2N2O4. The van der Waals surface area contributed by atoms with Crippen LogP contribution in [0.25, 0.3) is 5.76 Å². The van der Waals surface area contributed by atoms with E-state index in [-0.39, 0.29) is 32.6 Å². The Labute approximate surface area is 196 Å². The molecule has 168 valence electrons. The summed E-state index contributed by atoms with van der Waals surface area (Å²) in [5, 5.41) is 11.4. The number of halogens is 4. The molecule has 1 saturated heterocycles. The number of hydrogen-bond acceptors (Lipinski definition) is 5. The highest BCUT2D eigenvalue weighted by Gasteiger charge is 2.48. The molecule has 1 N–H and O–H groups in total. The third-order valence-electron chi connectivity index (χ3n) is 5.08. The van der Waals surface area contributed by atoms with Crippen LogP contribution in [0, 0.1) is 11.6 Å². The van der Waals surface area contributed by atoms with E-state index in [0.29, 0.717) is 11.6 Å². The number of methoxy groups -OCH3 is 1. The Morgan fingerprint density at radius 1 is 1.15 bits per heavy atom. The number of anilines is 1. The lowest BCUT2D eigenvalue weighted by Gasteiger charge is -2.25. The molecule has 2 aromatic carbocycles. The lowest BCUT2D eigenvalue weighted by molar-refractivity contribution is -0.132. The summed E-state index contributed by atoms with van der Waals surface area (Å²) in [7, 11) is 1.30. The molecule has 3 aromatic rings. The predicted molar refractivity (Wildman–Crippen MR) is 118 cm³/mol. The van der Waals surface area contributed by atoms with Gasteiger partial charge in [-0.3, -0.25) is 19.5 Å². The fourth-order valence-corrected chi connectivity index (χ4v) is 4.27. The van der Waals surface area contributed by atoms with E-state index in [1.807, 2.05) is 0 Å². The van der Waals surface area contributed by atoms with Gasteiger partial charge in [0.1, 0.15) is 23.1 Å². The third-order valence-corrected chi connectivity index (χ3v) is 5.58. The van der Waals surface area contributed by atoms with Gasteiger partial charge in [-0.2, -0.15) is 0 Å². The van der Waals surface area contributed by atoms with Gasteiger partial charge in [0, 0.05) is 23.5 Å². The van der Waals surface area contributed by atoms with Crippen LogP contribution in [0.2, 0.25) is 10.0 Å². The van der Waals surface area contributed by atoms with Crippen molar-refractivity contribution in [3.63, 3.8) is 0 Å². The standard InChI is InChI=1S/C23H14Cl2F2N2O4/c1-33-22-14(7-12(24)8-15(22)25)20(30)18-19(11-3-2-6-28-10-11)29(23(32)21(18)31)17-5-4-13(26)9-16(17)27/h2-10,19,30H,1H3/b20-18+. The molecule has 1 fully saturated rings. The molecule has 1 aromatic heterocycles. The Morgan fingerprint density at radius 3 is 2.55 bits per heavy atom. The number of carbonyl (C=O) groups excluding carboxylic acids is 2. The lowest BCUT2D eigenvalue weighted by atomic mass is 9.95. The van der Waals surface area contributed by atoms with E-state index in [0.717, 1.165) is 17.0 Å². The zero-order valence-electron chi connectivity index (χ0n) is 16.9. The molecule has 10 heteroatoms. The van der Waals surface area contributed by atoms with Gasteiger partial charge < -0.3 is 9.84 Å². The van der Waals surface area contributed by atoms with Crippen LogP contribution >= 0.6 is 23.2 Å². The van der Waals surface area contributed by atoms with Crippen LogP contribution in [0.1, 0.15) is 17.2 Å². The zero-order chi connectivity index (χ0) is 23.9. The summed E-state index contributed by atoms with van der Waals surface area (Å²) >= 11 is 12.2. The number of carbonyl (C=O) groups is 2. The highest BCUT2D eigenvalue weighted by molar-refractivity contribution is 6.52. The maximum Gasteiger partial charge on any atom is 0.300 e. The number of nitrogens with zero attached hydrogens (tertiary/aromatic N) is 2. The zero-order valence-corrected chi connectivity index (χ0v) is 18.4. The molecule has 1 aliphatic rings. The summed E-state index contributed by atoms with van der Waals surface area (Å²) in [5.41, 5.74) is -0.452. The number of pyridine rings is 1. The fraction of sp³-hybridized carbons (Fsp3) is 0.0870. The van der Waals surface area contributed by atoms with Crippen LogP contribution in [0.5, 0.6) is 5.75 Å². The van der Waals surface area contributed by atoms with Gasteiger partial charge in [0.2, 0.25) is 0 Å². The fourth-order valence-electron chi connectivity index (χ4n) is 3.70. The Balaban J connectivity index is 2.02. The summed E-state index contributed by atoms with van der Waals surface area (Å²) in [6.07, 6.45) is 2.83. The Kier molecular flexibility index (Phi) is 6.05. The number of hydrogen-bond donors (Lipinski definition) is 1. The second-order valence-corrected chi connectivity index (χ2v) is 7.86. The topological polar surface area (TPSA) is 79.7 Å². The minimum absolute atomic E-state index is 0.0164. The average Bonchev–Trinajstić information content (AvgIpc) is 3.04. The minimum atomic E-state index is -1.28. The predicted octanol–water partition coefficient (Wildman–Crippen LogP) is 5.30. The van der Waals surface area contributed by atoms with Crippen LogP contribution in [0.15, 0.2) is 60.4 Å². The van der Waals surface area contributed by atoms with Crippen molar-refractivity contribution in [2.24, 2.45) is 0 Å². The Hall–Kier alpha value is -3.49. The van der Waals surface area contributed by atoms with Crippen LogP contribution < -0.4 is 9.64 Å². The summed E-state index contributed by atoms with van der Waals surface area (Å²) < 4.78 is 33.4. The van der Waals surface area contributed by atoms with Gasteiger partial charge >= 0.3 is 0 Å². The maximum atomic E-state index is 14.7. The molecule has 1 unspecified atom stereocenters. The first-order chi connectivity index (χ1) is 15.7. The van der Waals surface area contributed by atoms with Crippen LogP contribution in [0.3, 0.4) is 0 Å². The number of aromatic nitrogens is 1. The SMILES string of the molecule is COc1c(Cl)cc(Cl)cc1/C(O)=C1\C(=O)C(=O)N(c2ccc(F)cc2F)C1c1cccnc1. The van der Waals surface area contributed by atoms with Crippen molar-refractivity contribution in [3.05, 3.63) is 93.2 Å². The molecule has 1 atom stereocenters. The minimum Gasteiger partial charge on any atom is -0.507 e. The van der Waals surface area contributed by atoms with Gasteiger partial charge in [-0.25, -0.2) is 8.78 Å².